The van der Waals surface area contributed by atoms with Gasteiger partial charge in [0, 0.05) is 0 Å². The Morgan fingerprint density at radius 1 is 1.24 bits per heavy atom. The van der Waals surface area contributed by atoms with Crippen molar-refractivity contribution in [2.45, 2.75) is 64.4 Å². The van der Waals surface area contributed by atoms with Crippen molar-refractivity contribution in [1.82, 2.24) is 0 Å². The van der Waals surface area contributed by atoms with E-state index in [0.717, 1.165) is 12.8 Å². The lowest BCUT2D eigenvalue weighted by atomic mass is 10.1. The molecule has 1 fully saturated rings. The van der Waals surface area contributed by atoms with E-state index in [-0.39, 0.29) is 12.4 Å². The summed E-state index contributed by atoms with van der Waals surface area (Å²) in [6, 6.07) is 0. The third-order valence-corrected chi connectivity index (χ3v) is 2.80. The lowest BCUT2D eigenvalue weighted by Crippen LogP contribution is -2.38. The second kappa shape index (κ2) is 8.86. The summed E-state index contributed by atoms with van der Waals surface area (Å²) in [5, 5.41) is 9.10. The molecule has 1 rings (SSSR count). The van der Waals surface area contributed by atoms with E-state index in [1.165, 1.54) is 19.3 Å². The maximum Gasteiger partial charge on any atom is 0.157 e. The average molecular weight is 246 g/mol. The monoisotopic (exact) mass is 246 g/mol. The van der Waals surface area contributed by atoms with Crippen molar-refractivity contribution in [3.63, 3.8) is 0 Å². The lowest BCUT2D eigenvalue weighted by molar-refractivity contribution is -0.231. The number of aliphatic hydroxyl groups is 1. The van der Waals surface area contributed by atoms with Gasteiger partial charge in [-0.05, 0) is 19.8 Å². The topological polar surface area (TPSA) is 47.9 Å². The van der Waals surface area contributed by atoms with Gasteiger partial charge in [0.1, 0.15) is 6.10 Å². The minimum absolute atomic E-state index is 0.0310. The molecule has 1 aliphatic heterocycles. The first-order valence-corrected chi connectivity index (χ1v) is 6.75. The highest BCUT2D eigenvalue weighted by molar-refractivity contribution is 4.63. The van der Waals surface area contributed by atoms with E-state index in [0.29, 0.717) is 19.8 Å². The van der Waals surface area contributed by atoms with Crippen LogP contribution in [0.4, 0.5) is 0 Å². The molecule has 1 saturated heterocycles. The van der Waals surface area contributed by atoms with Gasteiger partial charge < -0.3 is 19.3 Å². The van der Waals surface area contributed by atoms with Gasteiger partial charge in [-0.25, -0.2) is 0 Å². The van der Waals surface area contributed by atoms with E-state index >= 15 is 0 Å². The molecule has 1 unspecified atom stereocenters. The van der Waals surface area contributed by atoms with Gasteiger partial charge in [0.25, 0.3) is 0 Å². The third kappa shape index (κ3) is 6.99. The molecule has 17 heavy (non-hydrogen) atoms. The Bertz CT molecular complexity index is 176. The molecule has 1 atom stereocenters. The fourth-order valence-corrected chi connectivity index (χ4v) is 1.80. The zero-order valence-corrected chi connectivity index (χ0v) is 11.1. The van der Waals surface area contributed by atoms with Crippen molar-refractivity contribution in [3.05, 3.63) is 0 Å². The first kappa shape index (κ1) is 14.9. The van der Waals surface area contributed by atoms with Crippen LogP contribution in [-0.2, 0) is 14.2 Å². The minimum atomic E-state index is -0.429. The average Bonchev–Trinajstić information content (AvgIpc) is 2.33. The van der Waals surface area contributed by atoms with Crippen LogP contribution in [0.25, 0.3) is 0 Å². The molecule has 0 bridgehead atoms. The molecule has 0 aromatic carbocycles. The summed E-state index contributed by atoms with van der Waals surface area (Å²) in [6.07, 6.45) is 5.41. The Balaban J connectivity index is 2.01. The Morgan fingerprint density at radius 2 is 1.94 bits per heavy atom. The quantitative estimate of drug-likeness (QED) is 0.666. The van der Waals surface area contributed by atoms with E-state index < -0.39 is 6.10 Å². The zero-order chi connectivity index (χ0) is 12.5. The van der Waals surface area contributed by atoms with Crippen molar-refractivity contribution in [1.29, 1.82) is 0 Å². The molecule has 0 aromatic heterocycles. The van der Waals surface area contributed by atoms with Gasteiger partial charge in [-0.1, -0.05) is 26.2 Å². The molecule has 0 radical (unpaired) electrons. The molecule has 0 amide bonds. The van der Waals surface area contributed by atoms with E-state index in [1.54, 1.807) is 6.92 Å². The smallest absolute Gasteiger partial charge is 0.157 e. The van der Waals surface area contributed by atoms with Gasteiger partial charge in [-0.2, -0.15) is 0 Å². The summed E-state index contributed by atoms with van der Waals surface area (Å²) >= 11 is 0. The van der Waals surface area contributed by atoms with Gasteiger partial charge in [-0.15, -0.1) is 0 Å². The number of ether oxygens (including phenoxy) is 3. The van der Waals surface area contributed by atoms with Crippen molar-refractivity contribution in [3.8, 4) is 0 Å². The number of aliphatic hydroxyl groups excluding tert-OH is 1. The number of hydrogen-bond acceptors (Lipinski definition) is 4. The summed E-state index contributed by atoms with van der Waals surface area (Å²) < 4.78 is 16.6. The second-order valence-electron chi connectivity index (χ2n) is 4.75. The summed E-state index contributed by atoms with van der Waals surface area (Å²) in [5.41, 5.74) is 0. The van der Waals surface area contributed by atoms with Crippen LogP contribution in [0.5, 0.6) is 0 Å². The molecule has 1 N–H and O–H groups in total. The maximum absolute atomic E-state index is 9.10. The molecule has 4 nitrogen and oxygen atoms in total. The van der Waals surface area contributed by atoms with Crippen molar-refractivity contribution in [2.75, 3.05) is 19.8 Å². The zero-order valence-electron chi connectivity index (χ0n) is 11.1. The van der Waals surface area contributed by atoms with Crippen molar-refractivity contribution in [2.24, 2.45) is 0 Å². The van der Waals surface area contributed by atoms with Crippen LogP contribution >= 0.6 is 0 Å². The van der Waals surface area contributed by atoms with E-state index in [4.69, 9.17) is 19.3 Å². The van der Waals surface area contributed by atoms with E-state index in [2.05, 4.69) is 6.92 Å². The Morgan fingerprint density at radius 3 is 2.53 bits per heavy atom. The second-order valence-corrected chi connectivity index (χ2v) is 4.75. The molecule has 0 saturated carbocycles. The first-order valence-electron chi connectivity index (χ1n) is 6.75. The van der Waals surface area contributed by atoms with Gasteiger partial charge in [-0.3, -0.25) is 0 Å². The van der Waals surface area contributed by atoms with E-state index in [9.17, 15) is 0 Å². The first-order chi connectivity index (χ1) is 8.22. The maximum atomic E-state index is 9.10. The molecular formula is C13H26O4. The summed E-state index contributed by atoms with van der Waals surface area (Å²) in [5.74, 6) is 0. The third-order valence-electron chi connectivity index (χ3n) is 2.80. The highest BCUT2D eigenvalue weighted by Crippen LogP contribution is 2.15. The summed E-state index contributed by atoms with van der Waals surface area (Å²) in [6.45, 7) is 5.41. The molecule has 1 aliphatic rings. The number of hydrogen-bond donors (Lipinski definition) is 1. The predicted molar refractivity (Wildman–Crippen MR) is 65.9 cm³/mol. The van der Waals surface area contributed by atoms with Crippen molar-refractivity contribution < 1.29 is 19.3 Å². The fourth-order valence-electron chi connectivity index (χ4n) is 1.80. The van der Waals surface area contributed by atoms with Crippen molar-refractivity contribution >= 4 is 0 Å². The SMILES string of the molecule is CCCCCCC1OCC(OCC(C)O)CO1. The molecule has 102 valence electrons. The molecular weight excluding hydrogens is 220 g/mol. The van der Waals surface area contributed by atoms with Gasteiger partial charge in [0.15, 0.2) is 6.29 Å². The minimum Gasteiger partial charge on any atom is -0.391 e. The summed E-state index contributed by atoms with van der Waals surface area (Å²) in [7, 11) is 0. The Hall–Kier alpha value is -0.160. The highest BCUT2D eigenvalue weighted by atomic mass is 16.7. The van der Waals surface area contributed by atoms with Crippen LogP contribution in [0.2, 0.25) is 0 Å². The van der Waals surface area contributed by atoms with Gasteiger partial charge in [0.2, 0.25) is 0 Å². The van der Waals surface area contributed by atoms with Crippen LogP contribution < -0.4 is 0 Å². The molecule has 0 spiro atoms. The van der Waals surface area contributed by atoms with Crippen LogP contribution in [0.15, 0.2) is 0 Å². The van der Waals surface area contributed by atoms with Gasteiger partial charge in [0.05, 0.1) is 25.9 Å². The Labute approximate surface area is 104 Å². The molecule has 0 aliphatic carbocycles. The van der Waals surface area contributed by atoms with Gasteiger partial charge >= 0.3 is 0 Å². The highest BCUT2D eigenvalue weighted by Gasteiger charge is 2.22. The predicted octanol–water partition coefficient (Wildman–Crippen LogP) is 2.10. The molecule has 1 heterocycles. The van der Waals surface area contributed by atoms with Crippen LogP contribution in [-0.4, -0.2) is 43.4 Å². The van der Waals surface area contributed by atoms with E-state index in [1.807, 2.05) is 0 Å². The lowest BCUT2D eigenvalue weighted by Gasteiger charge is -2.29. The standard InChI is InChI=1S/C13H26O4/c1-3-4-5-6-7-13-16-9-12(10-17-13)15-8-11(2)14/h11-14H,3-10H2,1-2H3. The number of unbranched alkanes of at least 4 members (excludes halogenated alkanes) is 3. The normalized spacial score (nSPS) is 27.0. The largest absolute Gasteiger partial charge is 0.391 e. The number of rotatable bonds is 8. The Kier molecular flexibility index (Phi) is 7.77. The van der Waals surface area contributed by atoms with Crippen LogP contribution in [0, 0.1) is 0 Å². The fraction of sp³-hybridized carbons (Fsp3) is 1.00. The molecule has 0 aromatic rings. The summed E-state index contributed by atoms with van der Waals surface area (Å²) in [4.78, 5) is 0. The van der Waals surface area contributed by atoms with Crippen LogP contribution in [0.3, 0.4) is 0 Å². The van der Waals surface area contributed by atoms with Crippen LogP contribution in [0.1, 0.15) is 46.0 Å². The molecule has 4 heteroatoms.